The summed E-state index contributed by atoms with van der Waals surface area (Å²) in [6.45, 7) is 6.18. The molecule has 1 aromatic heterocycles. The zero-order valence-corrected chi connectivity index (χ0v) is 13.1. The fourth-order valence-corrected chi connectivity index (χ4v) is 3.44. The molecule has 4 heteroatoms. The van der Waals surface area contributed by atoms with E-state index < -0.39 is 0 Å². The number of rotatable bonds is 3. The first-order chi connectivity index (χ1) is 9.49. The molecule has 0 amide bonds. The fourth-order valence-electron chi connectivity index (χ4n) is 2.43. The van der Waals surface area contributed by atoms with Gasteiger partial charge in [-0.05, 0) is 31.4 Å². The van der Waals surface area contributed by atoms with E-state index in [4.69, 9.17) is 10.5 Å². The highest BCUT2D eigenvalue weighted by Gasteiger charge is 2.24. The maximum absolute atomic E-state index is 12.0. The third-order valence-corrected chi connectivity index (χ3v) is 4.53. The van der Waals surface area contributed by atoms with Crippen LogP contribution in [0.5, 0.6) is 0 Å². The number of anilines is 1. The molecule has 20 heavy (non-hydrogen) atoms. The van der Waals surface area contributed by atoms with Gasteiger partial charge >= 0.3 is 5.97 Å². The standard InChI is InChI=1S/C16H19NO2S/c1-5-12-13(11-7-6-9(2)8-10(11)3)14(15(17)20-12)16(18)19-4/h6-8H,5,17H2,1-4H3. The number of thiophene rings is 1. The summed E-state index contributed by atoms with van der Waals surface area (Å²) in [5.41, 5.74) is 10.9. The zero-order chi connectivity index (χ0) is 14.9. The summed E-state index contributed by atoms with van der Waals surface area (Å²) in [5.74, 6) is -0.367. The quantitative estimate of drug-likeness (QED) is 0.870. The van der Waals surface area contributed by atoms with Crippen LogP contribution in [0.3, 0.4) is 0 Å². The van der Waals surface area contributed by atoms with E-state index in [9.17, 15) is 4.79 Å². The van der Waals surface area contributed by atoms with Gasteiger partial charge in [-0.15, -0.1) is 11.3 Å². The molecule has 106 valence electrons. The summed E-state index contributed by atoms with van der Waals surface area (Å²) in [6, 6.07) is 6.22. The van der Waals surface area contributed by atoms with Crippen LogP contribution in [0, 0.1) is 13.8 Å². The van der Waals surface area contributed by atoms with Crippen molar-refractivity contribution in [3.63, 3.8) is 0 Å². The van der Waals surface area contributed by atoms with Crippen molar-refractivity contribution in [2.45, 2.75) is 27.2 Å². The molecule has 0 saturated carbocycles. The second-order valence-corrected chi connectivity index (χ2v) is 5.94. The van der Waals surface area contributed by atoms with E-state index >= 15 is 0 Å². The van der Waals surface area contributed by atoms with E-state index in [2.05, 4.69) is 39.0 Å². The van der Waals surface area contributed by atoms with Gasteiger partial charge in [0, 0.05) is 10.4 Å². The predicted molar refractivity (Wildman–Crippen MR) is 84.4 cm³/mol. The minimum absolute atomic E-state index is 0.367. The lowest BCUT2D eigenvalue weighted by atomic mass is 9.95. The number of ether oxygens (including phenoxy) is 1. The summed E-state index contributed by atoms with van der Waals surface area (Å²) in [5, 5.41) is 0.531. The largest absolute Gasteiger partial charge is 0.465 e. The summed E-state index contributed by atoms with van der Waals surface area (Å²) >= 11 is 1.47. The molecule has 3 nitrogen and oxygen atoms in total. The highest BCUT2D eigenvalue weighted by molar-refractivity contribution is 7.17. The molecule has 0 aliphatic heterocycles. The molecular formula is C16H19NO2S. The Kier molecular flexibility index (Phi) is 4.14. The van der Waals surface area contributed by atoms with E-state index in [-0.39, 0.29) is 5.97 Å². The summed E-state index contributed by atoms with van der Waals surface area (Å²) < 4.78 is 4.89. The number of hydrogen-bond donors (Lipinski definition) is 1. The van der Waals surface area contributed by atoms with Gasteiger partial charge in [-0.1, -0.05) is 30.7 Å². The average Bonchev–Trinajstić information content (AvgIpc) is 2.74. The van der Waals surface area contributed by atoms with Crippen LogP contribution in [0.2, 0.25) is 0 Å². The summed E-state index contributed by atoms with van der Waals surface area (Å²) in [7, 11) is 1.39. The average molecular weight is 289 g/mol. The summed E-state index contributed by atoms with van der Waals surface area (Å²) in [6.07, 6.45) is 0.842. The number of nitrogens with two attached hydrogens (primary N) is 1. The van der Waals surface area contributed by atoms with Crippen LogP contribution in [0.25, 0.3) is 11.1 Å². The predicted octanol–water partition coefficient (Wildman–Crippen LogP) is 3.96. The lowest BCUT2D eigenvalue weighted by Gasteiger charge is -2.10. The Labute approximate surface area is 123 Å². The van der Waals surface area contributed by atoms with Crippen molar-refractivity contribution in [3.8, 4) is 11.1 Å². The van der Waals surface area contributed by atoms with Gasteiger partial charge in [0.15, 0.2) is 0 Å². The number of esters is 1. The number of carbonyl (C=O) groups is 1. The fraction of sp³-hybridized carbons (Fsp3) is 0.312. The molecule has 0 fully saturated rings. The lowest BCUT2D eigenvalue weighted by Crippen LogP contribution is -2.05. The second-order valence-electron chi connectivity index (χ2n) is 4.80. The summed E-state index contributed by atoms with van der Waals surface area (Å²) in [4.78, 5) is 13.2. The van der Waals surface area contributed by atoms with Crippen LogP contribution < -0.4 is 5.73 Å². The number of benzene rings is 1. The molecule has 0 aliphatic rings. The molecular weight excluding hydrogens is 270 g/mol. The molecule has 2 rings (SSSR count). The Bertz CT molecular complexity index is 659. The Morgan fingerprint density at radius 2 is 2.05 bits per heavy atom. The van der Waals surface area contributed by atoms with Crippen molar-refractivity contribution in [1.82, 2.24) is 0 Å². The minimum Gasteiger partial charge on any atom is -0.465 e. The highest BCUT2D eigenvalue weighted by Crippen LogP contribution is 2.40. The van der Waals surface area contributed by atoms with Gasteiger partial charge in [-0.2, -0.15) is 0 Å². The van der Waals surface area contributed by atoms with E-state index in [1.54, 1.807) is 0 Å². The molecule has 0 saturated heterocycles. The van der Waals surface area contributed by atoms with Gasteiger partial charge in [0.1, 0.15) is 10.6 Å². The third kappa shape index (κ3) is 2.43. The van der Waals surface area contributed by atoms with Crippen LogP contribution in [0.1, 0.15) is 33.3 Å². The first-order valence-corrected chi connectivity index (χ1v) is 7.38. The van der Waals surface area contributed by atoms with Gasteiger partial charge in [0.2, 0.25) is 0 Å². The number of methoxy groups -OCH3 is 1. The van der Waals surface area contributed by atoms with Crippen molar-refractivity contribution in [3.05, 3.63) is 39.8 Å². The number of nitrogen functional groups attached to an aromatic ring is 1. The molecule has 2 N–H and O–H groups in total. The smallest absolute Gasteiger partial charge is 0.341 e. The van der Waals surface area contributed by atoms with Gasteiger partial charge in [-0.3, -0.25) is 0 Å². The van der Waals surface area contributed by atoms with Gasteiger partial charge in [0.25, 0.3) is 0 Å². The molecule has 0 atom stereocenters. The van der Waals surface area contributed by atoms with Crippen molar-refractivity contribution < 1.29 is 9.53 Å². The molecule has 0 spiro atoms. The molecule has 1 aromatic carbocycles. The number of aryl methyl sites for hydroxylation is 3. The maximum Gasteiger partial charge on any atom is 0.341 e. The number of carbonyl (C=O) groups excluding carboxylic acids is 1. The van der Waals surface area contributed by atoms with Crippen molar-refractivity contribution in [2.24, 2.45) is 0 Å². The van der Waals surface area contributed by atoms with Crippen LogP contribution >= 0.6 is 11.3 Å². The second kappa shape index (κ2) is 5.67. The zero-order valence-electron chi connectivity index (χ0n) is 12.2. The van der Waals surface area contributed by atoms with E-state index in [0.29, 0.717) is 10.6 Å². The SMILES string of the molecule is CCc1sc(N)c(C(=O)OC)c1-c1ccc(C)cc1C. The van der Waals surface area contributed by atoms with Crippen LogP contribution in [0.15, 0.2) is 18.2 Å². The van der Waals surface area contributed by atoms with Gasteiger partial charge in [0.05, 0.1) is 7.11 Å². The molecule has 0 bridgehead atoms. The Balaban J connectivity index is 2.74. The van der Waals surface area contributed by atoms with E-state index in [1.807, 2.05) is 0 Å². The maximum atomic E-state index is 12.0. The topological polar surface area (TPSA) is 52.3 Å². The normalized spacial score (nSPS) is 10.6. The monoisotopic (exact) mass is 289 g/mol. The van der Waals surface area contributed by atoms with E-state index in [0.717, 1.165) is 28.0 Å². The molecule has 0 unspecified atom stereocenters. The lowest BCUT2D eigenvalue weighted by molar-refractivity contribution is 0.0603. The van der Waals surface area contributed by atoms with E-state index in [1.165, 1.54) is 24.0 Å². The first kappa shape index (κ1) is 14.6. The Morgan fingerprint density at radius 1 is 1.35 bits per heavy atom. The molecule has 0 radical (unpaired) electrons. The van der Waals surface area contributed by atoms with Gasteiger partial charge < -0.3 is 10.5 Å². The first-order valence-electron chi connectivity index (χ1n) is 6.56. The molecule has 0 aliphatic carbocycles. The number of hydrogen-bond acceptors (Lipinski definition) is 4. The molecule has 1 heterocycles. The highest BCUT2D eigenvalue weighted by atomic mass is 32.1. The molecule has 2 aromatic rings. The Morgan fingerprint density at radius 3 is 2.60 bits per heavy atom. The van der Waals surface area contributed by atoms with Gasteiger partial charge in [-0.25, -0.2) is 4.79 Å². The van der Waals surface area contributed by atoms with Crippen molar-refractivity contribution in [2.75, 3.05) is 12.8 Å². The van der Waals surface area contributed by atoms with Crippen LogP contribution in [0.4, 0.5) is 5.00 Å². The van der Waals surface area contributed by atoms with Crippen LogP contribution in [-0.2, 0) is 11.2 Å². The minimum atomic E-state index is -0.367. The Hall–Kier alpha value is -1.81. The third-order valence-electron chi connectivity index (χ3n) is 3.37. The van der Waals surface area contributed by atoms with Crippen molar-refractivity contribution in [1.29, 1.82) is 0 Å². The van der Waals surface area contributed by atoms with Crippen molar-refractivity contribution >= 4 is 22.3 Å². The van der Waals surface area contributed by atoms with Crippen LogP contribution in [-0.4, -0.2) is 13.1 Å².